The number of H-pyrrole nitrogens is 1. The number of hydrogen-bond acceptors (Lipinski definition) is 4. The number of nitrogens with zero attached hydrogens (tertiary/aromatic N) is 5. The van der Waals surface area contributed by atoms with E-state index in [4.69, 9.17) is 0 Å². The number of imidazole rings is 1. The van der Waals surface area contributed by atoms with Gasteiger partial charge in [-0.3, -0.25) is 0 Å². The predicted molar refractivity (Wildman–Crippen MR) is 103 cm³/mol. The van der Waals surface area contributed by atoms with Crippen LogP contribution in [0.2, 0.25) is 0 Å². The van der Waals surface area contributed by atoms with Gasteiger partial charge >= 0.3 is 11.9 Å². The maximum Gasteiger partial charge on any atom is 0.573 e. The van der Waals surface area contributed by atoms with Gasteiger partial charge in [0.2, 0.25) is 0 Å². The Morgan fingerprint density at radius 2 is 1.87 bits per heavy atom. The quantitative estimate of drug-likeness (QED) is 0.447. The van der Waals surface area contributed by atoms with Crippen LogP contribution in [0, 0.1) is 0 Å². The first kappa shape index (κ1) is 18.9. The van der Waals surface area contributed by atoms with Crippen LogP contribution in [0.5, 0.6) is 5.75 Å². The fourth-order valence-corrected chi connectivity index (χ4v) is 3.41. The van der Waals surface area contributed by atoms with Crippen molar-refractivity contribution in [1.82, 2.24) is 24.4 Å². The molecule has 0 saturated heterocycles. The van der Waals surface area contributed by atoms with Gasteiger partial charge in [0, 0.05) is 12.4 Å². The van der Waals surface area contributed by atoms with Crippen molar-refractivity contribution in [2.75, 3.05) is 0 Å². The van der Waals surface area contributed by atoms with Crippen molar-refractivity contribution < 1.29 is 22.4 Å². The number of aromatic amines is 1. The third-order valence-electron chi connectivity index (χ3n) is 4.70. The molecule has 3 heterocycles. The van der Waals surface area contributed by atoms with E-state index in [9.17, 15) is 18.0 Å². The van der Waals surface area contributed by atoms with Crippen LogP contribution in [0.25, 0.3) is 22.2 Å². The molecule has 3 aromatic heterocycles. The number of para-hydroxylation sites is 2. The second kappa shape index (κ2) is 6.97. The average Bonchev–Trinajstić information content (AvgIpc) is 3.36. The number of aromatic nitrogens is 6. The Kier molecular flexibility index (Phi) is 4.24. The van der Waals surface area contributed by atoms with Crippen molar-refractivity contribution in [3.63, 3.8) is 0 Å². The molecule has 0 amide bonds. The molecule has 0 fully saturated rings. The Morgan fingerprint density at radius 1 is 1.10 bits per heavy atom. The van der Waals surface area contributed by atoms with Crippen molar-refractivity contribution in [3.05, 3.63) is 83.3 Å². The fraction of sp³-hybridized carbons (Fsp3) is 0.100. The Balaban J connectivity index is 1.67. The second-order valence-electron chi connectivity index (χ2n) is 6.75. The van der Waals surface area contributed by atoms with E-state index in [1.165, 1.54) is 16.8 Å². The van der Waals surface area contributed by atoms with Crippen molar-refractivity contribution in [3.8, 4) is 11.4 Å². The van der Waals surface area contributed by atoms with Gasteiger partial charge in [-0.05, 0) is 36.4 Å². The van der Waals surface area contributed by atoms with Gasteiger partial charge in [0.15, 0.2) is 11.2 Å². The Labute approximate surface area is 171 Å². The van der Waals surface area contributed by atoms with Crippen LogP contribution in [0.4, 0.5) is 13.2 Å². The summed E-state index contributed by atoms with van der Waals surface area (Å²) in [5.41, 5.74) is 2.16. The standard InChI is InChI=1S/C20H13F3N6O2/c21-20(22,23)31-14-7-5-13(6-8-14)28-19(30)18-16(11-27-10-9-24-12-27)25-15-3-1-2-4-17(15)29(18)26-28/h1-10,12H,11H2/p+1. The summed E-state index contributed by atoms with van der Waals surface area (Å²) in [6, 6.07) is 12.3. The summed E-state index contributed by atoms with van der Waals surface area (Å²) in [5, 5.41) is 3.00. The van der Waals surface area contributed by atoms with E-state index in [2.05, 4.69) is 19.9 Å². The van der Waals surface area contributed by atoms with Gasteiger partial charge in [0.05, 0.1) is 12.9 Å². The summed E-state index contributed by atoms with van der Waals surface area (Å²) in [7, 11) is 0. The molecule has 0 bridgehead atoms. The van der Waals surface area contributed by atoms with Crippen LogP contribution < -0.4 is 14.8 Å². The maximum atomic E-state index is 13.3. The van der Waals surface area contributed by atoms with Gasteiger partial charge in [-0.2, -0.15) is 0 Å². The average molecular weight is 427 g/mol. The summed E-state index contributed by atoms with van der Waals surface area (Å²) in [5.74, 6) is -0.374. The molecule has 0 saturated carbocycles. The molecule has 11 heteroatoms. The highest BCUT2D eigenvalue weighted by molar-refractivity contribution is 5.72. The number of rotatable bonds is 4. The molecule has 31 heavy (non-hydrogen) atoms. The lowest BCUT2D eigenvalue weighted by Gasteiger charge is -2.08. The molecule has 0 aliphatic rings. The predicted octanol–water partition coefficient (Wildman–Crippen LogP) is 2.60. The summed E-state index contributed by atoms with van der Waals surface area (Å²) in [4.78, 5) is 21.9. The van der Waals surface area contributed by atoms with Crippen LogP contribution in [0.1, 0.15) is 5.69 Å². The first-order valence-electron chi connectivity index (χ1n) is 9.15. The summed E-state index contributed by atoms with van der Waals surface area (Å²) >= 11 is 0. The summed E-state index contributed by atoms with van der Waals surface area (Å²) in [6.45, 7) is 0.319. The monoisotopic (exact) mass is 427 g/mol. The summed E-state index contributed by atoms with van der Waals surface area (Å²) in [6.07, 6.45) is 0.226. The molecular formula is C20H14F3N6O2+. The number of alkyl halides is 3. The van der Waals surface area contributed by atoms with E-state index < -0.39 is 11.9 Å². The lowest BCUT2D eigenvalue weighted by Crippen LogP contribution is -2.28. The molecule has 0 aliphatic carbocycles. The molecule has 8 nitrogen and oxygen atoms in total. The molecule has 2 aromatic carbocycles. The Bertz CT molecular complexity index is 1440. The molecule has 5 rings (SSSR count). The Morgan fingerprint density at radius 3 is 2.58 bits per heavy atom. The molecule has 1 N–H and O–H groups in total. The largest absolute Gasteiger partial charge is 0.573 e. The zero-order chi connectivity index (χ0) is 21.6. The Hall–Kier alpha value is -4.15. The molecular weight excluding hydrogens is 413 g/mol. The van der Waals surface area contributed by atoms with Crippen LogP contribution in [0.3, 0.4) is 0 Å². The smallest absolute Gasteiger partial charge is 0.406 e. The van der Waals surface area contributed by atoms with Crippen LogP contribution in [-0.2, 0) is 6.54 Å². The number of halogens is 3. The minimum absolute atomic E-state index is 0.319. The van der Waals surface area contributed by atoms with E-state index in [0.29, 0.717) is 34.5 Å². The second-order valence-corrected chi connectivity index (χ2v) is 6.75. The van der Waals surface area contributed by atoms with E-state index in [-0.39, 0.29) is 5.75 Å². The van der Waals surface area contributed by atoms with E-state index in [0.717, 1.165) is 12.1 Å². The van der Waals surface area contributed by atoms with Gasteiger partial charge in [-0.1, -0.05) is 22.0 Å². The zero-order valence-corrected chi connectivity index (χ0v) is 15.7. The normalized spacial score (nSPS) is 12.0. The minimum Gasteiger partial charge on any atom is -0.406 e. The number of ether oxygens (including phenoxy) is 1. The molecule has 5 aromatic rings. The highest BCUT2D eigenvalue weighted by Gasteiger charge is 2.31. The van der Waals surface area contributed by atoms with Gasteiger partial charge in [-0.15, -0.1) is 17.7 Å². The van der Waals surface area contributed by atoms with Crippen LogP contribution in [-0.4, -0.2) is 30.8 Å². The fourth-order valence-electron chi connectivity index (χ4n) is 3.41. The molecule has 0 aliphatic heterocycles. The lowest BCUT2D eigenvalue weighted by atomic mass is 10.2. The van der Waals surface area contributed by atoms with Crippen molar-refractivity contribution >= 4 is 16.6 Å². The van der Waals surface area contributed by atoms with Gasteiger partial charge in [-0.25, -0.2) is 14.8 Å². The van der Waals surface area contributed by atoms with E-state index >= 15 is 0 Å². The van der Waals surface area contributed by atoms with Crippen molar-refractivity contribution in [1.29, 1.82) is 0 Å². The number of fused-ring (bicyclic) bond motifs is 3. The topological polar surface area (TPSA) is 81.8 Å². The molecule has 0 unspecified atom stereocenters. The van der Waals surface area contributed by atoms with E-state index in [1.54, 1.807) is 27.8 Å². The number of benzene rings is 2. The maximum absolute atomic E-state index is 13.3. The third-order valence-corrected chi connectivity index (χ3v) is 4.70. The van der Waals surface area contributed by atoms with Gasteiger partial charge in [0.1, 0.15) is 17.0 Å². The highest BCUT2D eigenvalue weighted by Crippen LogP contribution is 2.23. The van der Waals surface area contributed by atoms with Crippen molar-refractivity contribution in [2.24, 2.45) is 0 Å². The molecule has 0 radical (unpaired) electrons. The number of hydrogen-bond donors (Lipinski definition) is 1. The van der Waals surface area contributed by atoms with Gasteiger partial charge < -0.3 is 9.30 Å². The summed E-state index contributed by atoms with van der Waals surface area (Å²) < 4.78 is 45.8. The van der Waals surface area contributed by atoms with Crippen molar-refractivity contribution in [2.45, 2.75) is 12.9 Å². The number of nitrogens with one attached hydrogen (secondary N) is 1. The first-order valence-corrected chi connectivity index (χ1v) is 9.15. The lowest BCUT2D eigenvalue weighted by molar-refractivity contribution is -0.556. The third kappa shape index (κ3) is 3.50. The molecule has 156 valence electrons. The molecule has 0 atom stereocenters. The van der Waals surface area contributed by atoms with Crippen LogP contribution in [0.15, 0.2) is 72.0 Å². The minimum atomic E-state index is -4.79. The zero-order valence-electron chi connectivity index (χ0n) is 15.7. The van der Waals surface area contributed by atoms with Crippen LogP contribution >= 0.6 is 0 Å². The SMILES string of the molecule is O=c1c2c(Cn3ccnc3)nc3ccccc3[n+]2[nH]n1-c1ccc(OC(F)(F)F)cc1. The molecule has 0 spiro atoms. The van der Waals surface area contributed by atoms with Gasteiger partial charge in [0.25, 0.3) is 5.52 Å². The highest BCUT2D eigenvalue weighted by atomic mass is 19.4. The first-order chi connectivity index (χ1) is 14.9. The van der Waals surface area contributed by atoms with E-state index in [1.807, 2.05) is 24.3 Å².